The summed E-state index contributed by atoms with van der Waals surface area (Å²) in [6.45, 7) is 8.86. The lowest BCUT2D eigenvalue weighted by Crippen LogP contribution is -2.32. The van der Waals surface area contributed by atoms with Crippen molar-refractivity contribution in [2.24, 2.45) is 23.0 Å². The van der Waals surface area contributed by atoms with Gasteiger partial charge in [0.2, 0.25) is 0 Å². The molecule has 3 aromatic rings. The largest absolute Gasteiger partial charge is 0.493 e. The number of pyridine rings is 1. The molecule has 6 rings (SSSR count). The molecule has 2 aliphatic heterocycles. The lowest BCUT2D eigenvalue weighted by atomic mass is 9.74. The average molecular weight is 541 g/mol. The van der Waals surface area contributed by atoms with Gasteiger partial charge in [-0.2, -0.15) is 0 Å². The van der Waals surface area contributed by atoms with Gasteiger partial charge in [0.05, 0.1) is 12.2 Å². The van der Waals surface area contributed by atoms with Crippen LogP contribution in [0.4, 0.5) is 5.82 Å². The van der Waals surface area contributed by atoms with Crippen molar-refractivity contribution >= 4 is 11.7 Å². The monoisotopic (exact) mass is 540 g/mol. The zero-order valence-corrected chi connectivity index (χ0v) is 23.8. The summed E-state index contributed by atoms with van der Waals surface area (Å²) in [6, 6.07) is 8.14. The number of carbonyl (C=O) groups is 1. The van der Waals surface area contributed by atoms with Crippen LogP contribution in [0.3, 0.4) is 0 Å². The molecule has 4 N–H and O–H groups in total. The Labute approximate surface area is 236 Å². The van der Waals surface area contributed by atoms with E-state index < -0.39 is 0 Å². The van der Waals surface area contributed by atoms with Gasteiger partial charge in [-0.25, -0.2) is 15.0 Å². The first-order valence-electron chi connectivity index (χ1n) is 14.5. The van der Waals surface area contributed by atoms with E-state index >= 15 is 0 Å². The molecule has 210 valence electrons. The minimum atomic E-state index is -0.107. The Hall–Kier alpha value is -3.52. The predicted octanol–water partition coefficient (Wildman–Crippen LogP) is 4.24. The van der Waals surface area contributed by atoms with Crippen LogP contribution in [0.2, 0.25) is 0 Å². The van der Waals surface area contributed by atoms with E-state index in [1.807, 2.05) is 18.2 Å². The number of likely N-dealkylation sites (tertiary alicyclic amines) is 1. The van der Waals surface area contributed by atoms with E-state index in [4.69, 9.17) is 21.2 Å². The number of anilines is 1. The highest BCUT2D eigenvalue weighted by atomic mass is 16.5. The first-order chi connectivity index (χ1) is 19.2. The van der Waals surface area contributed by atoms with Gasteiger partial charge in [-0.3, -0.25) is 4.79 Å². The number of aryl methyl sites for hydroxylation is 1. The van der Waals surface area contributed by atoms with Crippen molar-refractivity contribution in [1.29, 1.82) is 0 Å². The summed E-state index contributed by atoms with van der Waals surface area (Å²) in [4.78, 5) is 28.7. The van der Waals surface area contributed by atoms with E-state index in [9.17, 15) is 4.79 Å². The number of hydrogen-bond donors (Lipinski definition) is 2. The number of rotatable bonds is 4. The maximum absolute atomic E-state index is 13.2. The molecule has 1 aromatic carbocycles. The Kier molecular flexibility index (Phi) is 6.98. The summed E-state index contributed by atoms with van der Waals surface area (Å²) in [5, 5.41) is 0. The summed E-state index contributed by atoms with van der Waals surface area (Å²) >= 11 is 0. The summed E-state index contributed by atoms with van der Waals surface area (Å²) in [7, 11) is 0. The summed E-state index contributed by atoms with van der Waals surface area (Å²) < 4.78 is 6.39. The van der Waals surface area contributed by atoms with Gasteiger partial charge in [0.15, 0.2) is 0 Å². The fraction of sp³-hybridized carbons (Fsp3) is 0.500. The van der Waals surface area contributed by atoms with E-state index in [0.717, 1.165) is 49.0 Å². The molecule has 3 unspecified atom stereocenters. The SMILES string of the molecule is CC1Cc2cc(-c3cnc(N)c(C(=O)N4CCC(N)C4)c3)ccc2OCC1Cc1ncnc2c1CC(C)(C)CC2. The third-order valence-electron chi connectivity index (χ3n) is 9.13. The van der Waals surface area contributed by atoms with Crippen molar-refractivity contribution in [1.82, 2.24) is 19.9 Å². The number of carbonyl (C=O) groups excluding carboxylic acids is 1. The zero-order chi connectivity index (χ0) is 28.0. The van der Waals surface area contributed by atoms with Crippen LogP contribution in [0.1, 0.15) is 66.5 Å². The van der Waals surface area contributed by atoms with E-state index in [0.29, 0.717) is 37.1 Å². The van der Waals surface area contributed by atoms with Crippen LogP contribution in [0, 0.1) is 17.3 Å². The number of nitrogen functional groups attached to an aromatic ring is 1. The Bertz CT molecular complexity index is 1440. The highest BCUT2D eigenvalue weighted by Gasteiger charge is 2.31. The molecule has 1 saturated heterocycles. The molecule has 40 heavy (non-hydrogen) atoms. The number of nitrogens with two attached hydrogens (primary N) is 2. The smallest absolute Gasteiger partial charge is 0.257 e. The second-order valence-corrected chi connectivity index (χ2v) is 12.8. The Balaban J connectivity index is 1.21. The van der Waals surface area contributed by atoms with Gasteiger partial charge < -0.3 is 21.1 Å². The van der Waals surface area contributed by atoms with Crippen LogP contribution in [0.15, 0.2) is 36.8 Å². The minimum Gasteiger partial charge on any atom is -0.493 e. The van der Waals surface area contributed by atoms with Crippen molar-refractivity contribution in [2.45, 2.75) is 65.3 Å². The van der Waals surface area contributed by atoms with Gasteiger partial charge >= 0.3 is 0 Å². The molecule has 0 saturated carbocycles. The summed E-state index contributed by atoms with van der Waals surface area (Å²) in [5.74, 6) is 1.84. The fourth-order valence-corrected chi connectivity index (χ4v) is 6.50. The number of nitrogens with zero attached hydrogens (tertiary/aromatic N) is 4. The van der Waals surface area contributed by atoms with Gasteiger partial charge in [0.1, 0.15) is 17.9 Å². The number of aromatic nitrogens is 3. The normalized spacial score (nSPS) is 23.6. The van der Waals surface area contributed by atoms with Crippen LogP contribution >= 0.6 is 0 Å². The lowest BCUT2D eigenvalue weighted by Gasteiger charge is -2.32. The second kappa shape index (κ2) is 10.5. The average Bonchev–Trinajstić information content (AvgIpc) is 3.30. The van der Waals surface area contributed by atoms with Crippen molar-refractivity contribution in [3.63, 3.8) is 0 Å². The highest BCUT2D eigenvalue weighted by Crippen LogP contribution is 2.38. The van der Waals surface area contributed by atoms with Crippen molar-refractivity contribution in [3.05, 3.63) is 64.9 Å². The third kappa shape index (κ3) is 5.29. The number of ether oxygens (including phenoxy) is 1. The standard InChI is InChI=1S/C32H40N6O2/c1-19-10-21-11-20(22-12-25(30(34)35-15-22)31(39)38-9-7-24(33)16-38)4-5-29(21)40-17-23(19)13-28-26-14-32(2,3)8-6-27(26)36-18-37-28/h4-5,11-12,15,18-19,23-24H,6-10,13-14,16-17,33H2,1-3H3,(H2,34,35). The third-order valence-corrected chi connectivity index (χ3v) is 9.13. The molecule has 0 spiro atoms. The van der Waals surface area contributed by atoms with Gasteiger partial charge in [-0.05, 0) is 84.7 Å². The Morgan fingerprint density at radius 2 is 2.02 bits per heavy atom. The summed E-state index contributed by atoms with van der Waals surface area (Å²) in [6.07, 6.45) is 9.34. The number of hydrogen-bond acceptors (Lipinski definition) is 7. The molecule has 1 aliphatic carbocycles. The molecule has 8 nitrogen and oxygen atoms in total. The molecule has 2 aromatic heterocycles. The van der Waals surface area contributed by atoms with Crippen LogP contribution in [-0.4, -0.2) is 51.5 Å². The van der Waals surface area contributed by atoms with Gasteiger partial charge in [0, 0.05) is 48.2 Å². The number of amides is 1. The van der Waals surface area contributed by atoms with Crippen molar-refractivity contribution in [2.75, 3.05) is 25.4 Å². The van der Waals surface area contributed by atoms with Crippen LogP contribution in [0.25, 0.3) is 11.1 Å². The fourth-order valence-electron chi connectivity index (χ4n) is 6.50. The predicted molar refractivity (Wildman–Crippen MR) is 156 cm³/mol. The number of benzene rings is 1. The van der Waals surface area contributed by atoms with Crippen molar-refractivity contribution in [3.8, 4) is 16.9 Å². The van der Waals surface area contributed by atoms with Crippen LogP contribution in [-0.2, 0) is 25.7 Å². The minimum absolute atomic E-state index is 0.0170. The molecule has 0 bridgehead atoms. The molecule has 3 aliphatic rings. The maximum atomic E-state index is 13.2. The first-order valence-corrected chi connectivity index (χ1v) is 14.5. The van der Waals surface area contributed by atoms with Crippen molar-refractivity contribution < 1.29 is 9.53 Å². The maximum Gasteiger partial charge on any atom is 0.257 e. The van der Waals surface area contributed by atoms with E-state index in [2.05, 4.69) is 36.8 Å². The molecule has 4 heterocycles. The summed E-state index contributed by atoms with van der Waals surface area (Å²) in [5.41, 5.74) is 19.7. The quantitative estimate of drug-likeness (QED) is 0.508. The zero-order valence-electron chi connectivity index (χ0n) is 23.8. The Morgan fingerprint density at radius 1 is 1.18 bits per heavy atom. The van der Waals surface area contributed by atoms with E-state index in [1.165, 1.54) is 28.9 Å². The van der Waals surface area contributed by atoms with E-state index in [-0.39, 0.29) is 23.2 Å². The van der Waals surface area contributed by atoms with Gasteiger partial charge in [-0.15, -0.1) is 0 Å². The molecular formula is C32H40N6O2. The molecule has 1 amide bonds. The van der Waals surface area contributed by atoms with Crippen LogP contribution in [0.5, 0.6) is 5.75 Å². The topological polar surface area (TPSA) is 120 Å². The molecular weight excluding hydrogens is 500 g/mol. The molecule has 1 fully saturated rings. The van der Waals surface area contributed by atoms with Gasteiger partial charge in [0.25, 0.3) is 5.91 Å². The Morgan fingerprint density at radius 3 is 2.83 bits per heavy atom. The number of fused-ring (bicyclic) bond motifs is 2. The van der Waals surface area contributed by atoms with Gasteiger partial charge in [-0.1, -0.05) is 26.8 Å². The highest BCUT2D eigenvalue weighted by molar-refractivity contribution is 5.99. The lowest BCUT2D eigenvalue weighted by molar-refractivity contribution is 0.0791. The molecule has 8 heteroatoms. The van der Waals surface area contributed by atoms with Crippen LogP contribution < -0.4 is 16.2 Å². The molecule has 0 radical (unpaired) electrons. The van der Waals surface area contributed by atoms with E-state index in [1.54, 1.807) is 17.4 Å². The first kappa shape index (κ1) is 26.7. The second-order valence-electron chi connectivity index (χ2n) is 12.8. The molecule has 3 atom stereocenters.